The quantitative estimate of drug-likeness (QED) is 0.857. The summed E-state index contributed by atoms with van der Waals surface area (Å²) < 4.78 is 26.3. The number of halogens is 2. The molecule has 1 unspecified atom stereocenters. The van der Waals surface area contributed by atoms with Gasteiger partial charge in [-0.25, -0.2) is 13.6 Å². The summed E-state index contributed by atoms with van der Waals surface area (Å²) in [6, 6.07) is 1.31. The van der Waals surface area contributed by atoms with Gasteiger partial charge in [0.1, 0.15) is 0 Å². The van der Waals surface area contributed by atoms with E-state index in [9.17, 15) is 18.4 Å². The maximum Gasteiger partial charge on any atom is 0.337 e. The van der Waals surface area contributed by atoms with E-state index in [0.717, 1.165) is 11.0 Å². The molecule has 1 heterocycles. The Morgan fingerprint density at radius 1 is 1.42 bits per heavy atom. The zero-order valence-electron chi connectivity index (χ0n) is 9.90. The third kappa shape index (κ3) is 2.41. The molecular weight excluding hydrogens is 258 g/mol. The van der Waals surface area contributed by atoms with Gasteiger partial charge in [0.15, 0.2) is 11.6 Å². The lowest BCUT2D eigenvalue weighted by Gasteiger charge is -2.19. The Balaban J connectivity index is 2.47. The number of benzene rings is 1. The van der Waals surface area contributed by atoms with Gasteiger partial charge in [0.25, 0.3) is 0 Å². The van der Waals surface area contributed by atoms with Crippen molar-refractivity contribution in [3.63, 3.8) is 0 Å². The lowest BCUT2D eigenvalue weighted by atomic mass is 10.1. The molecule has 1 aromatic carbocycles. The number of carbonyl (C=O) groups is 2. The van der Waals surface area contributed by atoms with Crippen molar-refractivity contribution in [3.8, 4) is 0 Å². The monoisotopic (exact) mass is 270 g/mol. The molecule has 19 heavy (non-hydrogen) atoms. The highest BCUT2D eigenvalue weighted by atomic mass is 19.2. The Labute approximate surface area is 107 Å². The van der Waals surface area contributed by atoms with Crippen molar-refractivity contribution >= 4 is 17.6 Å². The number of aromatic carboxylic acids is 1. The molecule has 1 aliphatic rings. The van der Waals surface area contributed by atoms with E-state index in [-0.39, 0.29) is 37.0 Å². The van der Waals surface area contributed by atoms with Crippen molar-refractivity contribution in [2.45, 2.75) is 6.42 Å². The molecule has 1 atom stereocenters. The van der Waals surface area contributed by atoms with Gasteiger partial charge >= 0.3 is 5.97 Å². The number of amides is 1. The first kappa shape index (κ1) is 13.4. The van der Waals surface area contributed by atoms with Crippen LogP contribution in [0.15, 0.2) is 12.1 Å². The zero-order chi connectivity index (χ0) is 14.2. The first-order valence-corrected chi connectivity index (χ1v) is 5.66. The summed E-state index contributed by atoms with van der Waals surface area (Å²) in [5.74, 6) is -4.32. The van der Waals surface area contributed by atoms with Gasteiger partial charge in [0.05, 0.1) is 11.3 Å². The molecule has 7 heteroatoms. The van der Waals surface area contributed by atoms with E-state index >= 15 is 0 Å². The fraction of sp³-hybridized carbons (Fsp3) is 0.333. The van der Waals surface area contributed by atoms with Crippen LogP contribution in [-0.2, 0) is 4.79 Å². The number of nitrogens with zero attached hydrogens (tertiary/aromatic N) is 1. The topological polar surface area (TPSA) is 83.6 Å². The van der Waals surface area contributed by atoms with Crippen LogP contribution in [0.5, 0.6) is 0 Å². The Morgan fingerprint density at radius 2 is 2.05 bits per heavy atom. The van der Waals surface area contributed by atoms with Crippen LogP contribution < -0.4 is 10.6 Å². The standard InChI is InChI=1S/C12H12F2N2O3/c13-8-2-7(12(18)19)10(3-9(8)14)16-5-6(4-15)1-11(16)17/h2-3,6H,1,4-5,15H2,(H,18,19). The summed E-state index contributed by atoms with van der Waals surface area (Å²) in [5.41, 5.74) is 4.89. The fourth-order valence-corrected chi connectivity index (χ4v) is 2.10. The summed E-state index contributed by atoms with van der Waals surface area (Å²) in [7, 11) is 0. The molecule has 1 amide bonds. The molecular formula is C12H12F2N2O3. The maximum atomic E-state index is 13.3. The normalized spacial score (nSPS) is 19.0. The van der Waals surface area contributed by atoms with Crippen LogP contribution in [0.2, 0.25) is 0 Å². The molecule has 1 saturated heterocycles. The van der Waals surface area contributed by atoms with Crippen molar-refractivity contribution in [2.24, 2.45) is 11.7 Å². The molecule has 5 nitrogen and oxygen atoms in total. The van der Waals surface area contributed by atoms with Crippen LogP contribution in [0, 0.1) is 17.6 Å². The largest absolute Gasteiger partial charge is 0.478 e. The molecule has 0 aromatic heterocycles. The lowest BCUT2D eigenvalue weighted by Crippen LogP contribution is -2.27. The minimum Gasteiger partial charge on any atom is -0.478 e. The number of rotatable bonds is 3. The highest BCUT2D eigenvalue weighted by Gasteiger charge is 2.32. The Morgan fingerprint density at radius 3 is 2.58 bits per heavy atom. The van der Waals surface area contributed by atoms with E-state index < -0.39 is 23.2 Å². The first-order chi connectivity index (χ1) is 8.93. The number of carbonyl (C=O) groups excluding carboxylic acids is 1. The van der Waals surface area contributed by atoms with Gasteiger partial charge in [0, 0.05) is 19.0 Å². The molecule has 0 saturated carbocycles. The second-order valence-electron chi connectivity index (χ2n) is 4.40. The number of hydrogen-bond acceptors (Lipinski definition) is 3. The maximum absolute atomic E-state index is 13.3. The van der Waals surface area contributed by atoms with E-state index in [1.54, 1.807) is 0 Å². The minimum atomic E-state index is -1.42. The molecule has 0 radical (unpaired) electrons. The highest BCUT2D eigenvalue weighted by molar-refractivity contribution is 6.03. The average molecular weight is 270 g/mol. The third-order valence-electron chi connectivity index (χ3n) is 3.10. The Hall–Kier alpha value is -2.02. The van der Waals surface area contributed by atoms with Crippen LogP contribution in [0.4, 0.5) is 14.5 Å². The smallest absolute Gasteiger partial charge is 0.337 e. The van der Waals surface area contributed by atoms with E-state index in [2.05, 4.69) is 0 Å². The van der Waals surface area contributed by atoms with Gasteiger partial charge < -0.3 is 15.7 Å². The number of hydrogen-bond donors (Lipinski definition) is 2. The van der Waals surface area contributed by atoms with Gasteiger partial charge in [-0.15, -0.1) is 0 Å². The van der Waals surface area contributed by atoms with Gasteiger partial charge in [-0.05, 0) is 18.5 Å². The Kier molecular flexibility index (Phi) is 3.48. The molecule has 1 aromatic rings. The van der Waals surface area contributed by atoms with Crippen LogP contribution in [-0.4, -0.2) is 30.1 Å². The first-order valence-electron chi connectivity index (χ1n) is 5.66. The molecule has 3 N–H and O–H groups in total. The van der Waals surface area contributed by atoms with Gasteiger partial charge in [-0.3, -0.25) is 4.79 Å². The number of carboxylic acid groups (broad SMARTS) is 1. The molecule has 1 aliphatic heterocycles. The van der Waals surface area contributed by atoms with Gasteiger partial charge in [-0.2, -0.15) is 0 Å². The van der Waals surface area contributed by atoms with Crippen molar-refractivity contribution in [1.82, 2.24) is 0 Å². The molecule has 0 spiro atoms. The molecule has 1 fully saturated rings. The summed E-state index contributed by atoms with van der Waals surface area (Å²) in [5, 5.41) is 9.00. The lowest BCUT2D eigenvalue weighted by molar-refractivity contribution is -0.117. The zero-order valence-corrected chi connectivity index (χ0v) is 9.90. The predicted molar refractivity (Wildman–Crippen MR) is 62.8 cm³/mol. The van der Waals surface area contributed by atoms with Gasteiger partial charge in [-0.1, -0.05) is 0 Å². The van der Waals surface area contributed by atoms with Crippen molar-refractivity contribution < 1.29 is 23.5 Å². The molecule has 0 bridgehead atoms. The SMILES string of the molecule is NCC1CC(=O)N(c2cc(F)c(F)cc2C(=O)O)C1. The van der Waals surface area contributed by atoms with Gasteiger partial charge in [0.2, 0.25) is 5.91 Å². The van der Waals surface area contributed by atoms with Crippen LogP contribution in [0.1, 0.15) is 16.8 Å². The number of nitrogens with two attached hydrogens (primary N) is 1. The molecule has 2 rings (SSSR count). The predicted octanol–water partition coefficient (Wildman–Crippen LogP) is 0.975. The Bertz CT molecular complexity index is 548. The highest BCUT2D eigenvalue weighted by Crippen LogP contribution is 2.29. The second-order valence-corrected chi connectivity index (χ2v) is 4.40. The van der Waals surface area contributed by atoms with Crippen molar-refractivity contribution in [3.05, 3.63) is 29.3 Å². The summed E-state index contributed by atoms with van der Waals surface area (Å²) in [6.45, 7) is 0.481. The number of carboxylic acids is 1. The molecule has 0 aliphatic carbocycles. The summed E-state index contributed by atoms with van der Waals surface area (Å²) in [4.78, 5) is 24.0. The van der Waals surface area contributed by atoms with E-state index in [4.69, 9.17) is 10.8 Å². The minimum absolute atomic E-state index is 0.109. The van der Waals surface area contributed by atoms with Crippen LogP contribution in [0.3, 0.4) is 0 Å². The van der Waals surface area contributed by atoms with Crippen LogP contribution in [0.25, 0.3) is 0 Å². The van der Waals surface area contributed by atoms with E-state index in [1.807, 2.05) is 0 Å². The third-order valence-corrected chi connectivity index (χ3v) is 3.10. The summed E-state index contributed by atoms with van der Waals surface area (Å²) >= 11 is 0. The molecule has 102 valence electrons. The summed E-state index contributed by atoms with van der Waals surface area (Å²) in [6.07, 6.45) is 0.175. The van der Waals surface area contributed by atoms with E-state index in [1.165, 1.54) is 0 Å². The average Bonchev–Trinajstić information content (AvgIpc) is 2.73. The number of anilines is 1. The fourth-order valence-electron chi connectivity index (χ4n) is 2.10. The van der Waals surface area contributed by atoms with Crippen LogP contribution >= 0.6 is 0 Å². The van der Waals surface area contributed by atoms with Crippen molar-refractivity contribution in [1.29, 1.82) is 0 Å². The van der Waals surface area contributed by atoms with E-state index in [0.29, 0.717) is 6.07 Å². The van der Waals surface area contributed by atoms with Crippen molar-refractivity contribution in [2.75, 3.05) is 18.0 Å². The second kappa shape index (κ2) is 4.93.